The minimum Gasteiger partial charge on any atom is -0.508 e. The van der Waals surface area contributed by atoms with E-state index in [0.29, 0.717) is 62.0 Å². The number of ether oxygens (including phenoxy) is 2. The number of fused-ring (bicyclic) bond motifs is 3. The molecule has 1 aliphatic carbocycles. The molecule has 0 radical (unpaired) electrons. The van der Waals surface area contributed by atoms with Gasteiger partial charge in [0.25, 0.3) is 0 Å². The van der Waals surface area contributed by atoms with Crippen molar-refractivity contribution < 1.29 is 23.4 Å². The van der Waals surface area contributed by atoms with Crippen molar-refractivity contribution in [3.63, 3.8) is 0 Å². The number of likely N-dealkylation sites (tertiary alicyclic amines) is 1. The third kappa shape index (κ3) is 5.58. The number of halogens is 2. The highest BCUT2D eigenvalue weighted by molar-refractivity contribution is 6.03. The van der Waals surface area contributed by atoms with Crippen molar-refractivity contribution >= 4 is 27.5 Å². The van der Waals surface area contributed by atoms with Gasteiger partial charge in [-0.05, 0) is 62.9 Å². The topological polar surface area (TPSA) is 108 Å². The number of phenols is 1. The molecule has 2 unspecified atom stereocenters. The van der Waals surface area contributed by atoms with E-state index in [-0.39, 0.29) is 50.8 Å². The van der Waals surface area contributed by atoms with Crippen LogP contribution in [0.5, 0.6) is 11.8 Å². The predicted octanol–water partition coefficient (Wildman–Crippen LogP) is 5.82. The van der Waals surface area contributed by atoms with Crippen molar-refractivity contribution in [2.24, 2.45) is 11.3 Å². The van der Waals surface area contributed by atoms with Gasteiger partial charge in [0.05, 0.1) is 36.8 Å². The maximum absolute atomic E-state index is 16.9. The summed E-state index contributed by atoms with van der Waals surface area (Å²) < 4.78 is 44.0. The van der Waals surface area contributed by atoms with Crippen LogP contribution in [-0.2, 0) is 4.74 Å². The Morgan fingerprint density at radius 3 is 2.87 bits per heavy atom. The van der Waals surface area contributed by atoms with Gasteiger partial charge < -0.3 is 24.4 Å². The van der Waals surface area contributed by atoms with Crippen LogP contribution in [0.25, 0.3) is 32.9 Å². The standard InChI is InChI=1S/C36H36F2N6O3/c1-3-25-28(37)8-7-23-16-24(45)17-26(30(23)25)32-31(38)33-27(18-40-32)34(44-14-15-46-20-22(19-44)9-12-39)42-35(41-33)47-21-36-10-4-6-29(36)43(2)13-5-11-36/h1,7-8,16-18,22,29,45H,4-6,9-11,13-15,19-21H2,2H3/t22?,29-,36?/m1/s1. The van der Waals surface area contributed by atoms with Crippen molar-refractivity contribution in [2.75, 3.05) is 51.4 Å². The highest BCUT2D eigenvalue weighted by Crippen LogP contribution is 2.47. The molecule has 4 heterocycles. The van der Waals surface area contributed by atoms with Gasteiger partial charge >= 0.3 is 6.01 Å². The monoisotopic (exact) mass is 638 g/mol. The van der Waals surface area contributed by atoms with Crippen LogP contribution in [0, 0.1) is 46.6 Å². The van der Waals surface area contributed by atoms with Crippen LogP contribution in [0.2, 0.25) is 0 Å². The zero-order chi connectivity index (χ0) is 32.7. The van der Waals surface area contributed by atoms with Gasteiger partial charge in [-0.1, -0.05) is 18.4 Å². The van der Waals surface area contributed by atoms with Crippen molar-refractivity contribution in [1.82, 2.24) is 19.9 Å². The fourth-order valence-corrected chi connectivity index (χ4v) is 7.98. The number of phenolic OH excluding ortho intramolecular Hbond substituents is 1. The fourth-order valence-electron chi connectivity index (χ4n) is 7.98. The van der Waals surface area contributed by atoms with Crippen molar-refractivity contribution in [1.29, 1.82) is 5.26 Å². The second-order valence-electron chi connectivity index (χ2n) is 13.1. The summed E-state index contributed by atoms with van der Waals surface area (Å²) in [6, 6.07) is 8.17. The van der Waals surface area contributed by atoms with Crippen LogP contribution in [0.4, 0.5) is 14.6 Å². The summed E-state index contributed by atoms with van der Waals surface area (Å²) in [6.07, 6.45) is 12.9. The van der Waals surface area contributed by atoms with Crippen LogP contribution in [0.15, 0.2) is 30.5 Å². The third-order valence-electron chi connectivity index (χ3n) is 10.2. The summed E-state index contributed by atoms with van der Waals surface area (Å²) >= 11 is 0. The van der Waals surface area contributed by atoms with Crippen molar-refractivity contribution in [3.8, 4) is 41.4 Å². The lowest BCUT2D eigenvalue weighted by Crippen LogP contribution is -2.50. The summed E-state index contributed by atoms with van der Waals surface area (Å²) in [6.45, 7) is 3.25. The predicted molar refractivity (Wildman–Crippen MR) is 174 cm³/mol. The first-order valence-electron chi connectivity index (χ1n) is 16.1. The molecular formula is C36H36F2N6O3. The molecule has 1 N–H and O–H groups in total. The second-order valence-corrected chi connectivity index (χ2v) is 13.1. The fraction of sp³-hybridized carbons (Fsp3) is 0.444. The number of benzene rings is 2. The number of aromatic hydroxyl groups is 1. The van der Waals surface area contributed by atoms with Gasteiger partial charge in [0.2, 0.25) is 0 Å². The molecule has 1 saturated carbocycles. The third-order valence-corrected chi connectivity index (χ3v) is 10.2. The molecule has 2 aliphatic heterocycles. The SMILES string of the molecule is C#Cc1c(F)ccc2cc(O)cc(-c3ncc4c(N5CCOCC(CC#N)C5)nc(OCC56CCC[C@H]5N(C)CCC6)nc4c3F)c12. The zero-order valence-corrected chi connectivity index (χ0v) is 26.3. The number of aromatic nitrogens is 3. The van der Waals surface area contributed by atoms with E-state index in [9.17, 15) is 14.8 Å². The van der Waals surface area contributed by atoms with E-state index < -0.39 is 11.6 Å². The average molecular weight is 639 g/mol. The maximum Gasteiger partial charge on any atom is 0.319 e. The average Bonchev–Trinajstić information content (AvgIpc) is 3.37. The van der Waals surface area contributed by atoms with E-state index in [2.05, 4.69) is 33.9 Å². The minimum atomic E-state index is -0.774. The van der Waals surface area contributed by atoms with Gasteiger partial charge in [0.1, 0.15) is 28.6 Å². The molecule has 2 saturated heterocycles. The van der Waals surface area contributed by atoms with Crippen LogP contribution >= 0.6 is 0 Å². The number of nitrogens with zero attached hydrogens (tertiary/aromatic N) is 6. The lowest BCUT2D eigenvalue weighted by Gasteiger charge is -2.44. The maximum atomic E-state index is 16.9. The van der Waals surface area contributed by atoms with Crippen molar-refractivity contribution in [3.05, 3.63) is 47.7 Å². The number of piperidine rings is 1. The van der Waals surface area contributed by atoms with Crippen LogP contribution < -0.4 is 9.64 Å². The summed E-state index contributed by atoms with van der Waals surface area (Å²) in [4.78, 5) is 18.4. The number of rotatable bonds is 6. The molecule has 9 nitrogen and oxygen atoms in total. The first kappa shape index (κ1) is 31.0. The summed E-state index contributed by atoms with van der Waals surface area (Å²) in [5.41, 5.74) is -0.0982. The molecule has 4 aromatic rings. The Morgan fingerprint density at radius 2 is 2.04 bits per heavy atom. The molecule has 3 aliphatic rings. The van der Waals surface area contributed by atoms with E-state index in [4.69, 9.17) is 20.9 Å². The molecule has 3 fully saturated rings. The Balaban J connectivity index is 1.38. The Morgan fingerprint density at radius 1 is 1.19 bits per heavy atom. The molecule has 2 aromatic carbocycles. The number of terminal acetylenes is 1. The molecule has 7 rings (SSSR count). The first-order valence-corrected chi connectivity index (χ1v) is 16.1. The van der Waals surface area contributed by atoms with Gasteiger partial charge in [0.15, 0.2) is 5.82 Å². The van der Waals surface area contributed by atoms with Crippen LogP contribution in [-0.4, -0.2) is 77.5 Å². The molecule has 242 valence electrons. The number of hydrogen-bond acceptors (Lipinski definition) is 9. The van der Waals surface area contributed by atoms with Gasteiger partial charge in [-0.15, -0.1) is 6.42 Å². The molecule has 0 spiro atoms. The van der Waals surface area contributed by atoms with E-state index in [0.717, 1.165) is 38.6 Å². The van der Waals surface area contributed by atoms with Gasteiger partial charge in [-0.2, -0.15) is 15.2 Å². The van der Waals surface area contributed by atoms with Gasteiger partial charge in [-0.25, -0.2) is 8.78 Å². The summed E-state index contributed by atoms with van der Waals surface area (Å²) in [7, 11) is 2.17. The Kier molecular flexibility index (Phi) is 8.29. The van der Waals surface area contributed by atoms with E-state index in [1.54, 1.807) is 0 Å². The summed E-state index contributed by atoms with van der Waals surface area (Å²) in [5.74, 6) is 1.19. The van der Waals surface area contributed by atoms with Gasteiger partial charge in [-0.3, -0.25) is 4.98 Å². The molecule has 0 amide bonds. The lowest BCUT2D eigenvalue weighted by molar-refractivity contribution is 0.0133. The molecule has 11 heteroatoms. The normalized spacial score (nSPS) is 23.3. The minimum absolute atomic E-state index is 0.0200. The Labute approximate surface area is 272 Å². The highest BCUT2D eigenvalue weighted by atomic mass is 19.1. The molecular weight excluding hydrogens is 602 g/mol. The second kappa shape index (κ2) is 12.6. The Bertz CT molecular complexity index is 1940. The number of pyridine rings is 1. The van der Waals surface area contributed by atoms with E-state index >= 15 is 4.39 Å². The van der Waals surface area contributed by atoms with Crippen LogP contribution in [0.3, 0.4) is 0 Å². The quantitative estimate of drug-likeness (QED) is 0.262. The molecule has 47 heavy (non-hydrogen) atoms. The largest absolute Gasteiger partial charge is 0.508 e. The zero-order valence-electron chi connectivity index (χ0n) is 26.3. The lowest BCUT2D eigenvalue weighted by atomic mass is 9.76. The van der Waals surface area contributed by atoms with Crippen molar-refractivity contribution in [2.45, 2.75) is 44.6 Å². The molecule has 0 bridgehead atoms. The summed E-state index contributed by atoms with van der Waals surface area (Å²) in [5, 5.41) is 21.0. The molecule has 3 atom stereocenters. The Hall–Kier alpha value is -4.58. The van der Waals surface area contributed by atoms with E-state index in [1.165, 1.54) is 30.5 Å². The van der Waals surface area contributed by atoms with Crippen LogP contribution in [0.1, 0.15) is 44.1 Å². The van der Waals surface area contributed by atoms with Gasteiger partial charge in [0, 0.05) is 54.0 Å². The smallest absolute Gasteiger partial charge is 0.319 e. The number of hydrogen-bond donors (Lipinski definition) is 1. The molecule has 2 aromatic heterocycles. The van der Waals surface area contributed by atoms with E-state index in [1.807, 2.05) is 4.90 Å². The number of nitriles is 1. The number of anilines is 1. The highest BCUT2D eigenvalue weighted by Gasteiger charge is 2.47. The first-order chi connectivity index (χ1) is 22.8.